The van der Waals surface area contributed by atoms with Gasteiger partial charge in [0.2, 0.25) is 0 Å². The van der Waals surface area contributed by atoms with E-state index in [0.717, 1.165) is 0 Å². The molecule has 20 heavy (non-hydrogen) atoms. The van der Waals surface area contributed by atoms with Crippen molar-refractivity contribution in [2.45, 2.75) is 13.3 Å². The van der Waals surface area contributed by atoms with E-state index in [-0.39, 0.29) is 18.7 Å². The number of nitro benzene ring substituents is 1. The molecule has 0 radical (unpaired) electrons. The fraction of sp³-hybridized carbons (Fsp3) is 0.333. The standard InChI is InChI=1S/C12H15N3O5/c1-8-7-9(3-4-10(8)15(19)20)13-12(18)14(2)6-5-11(16)17/h3-4,7H,5-6H2,1-2H3,(H,13,18)(H,16,17). The number of nitro groups is 1. The minimum Gasteiger partial charge on any atom is -0.481 e. The Morgan fingerprint density at radius 1 is 1.45 bits per heavy atom. The summed E-state index contributed by atoms with van der Waals surface area (Å²) in [5.41, 5.74) is 0.823. The largest absolute Gasteiger partial charge is 0.481 e. The molecule has 2 N–H and O–H groups in total. The van der Waals surface area contributed by atoms with Crippen molar-refractivity contribution in [1.29, 1.82) is 0 Å². The van der Waals surface area contributed by atoms with E-state index in [1.54, 1.807) is 6.92 Å². The fourth-order valence-electron chi connectivity index (χ4n) is 1.52. The van der Waals surface area contributed by atoms with Gasteiger partial charge in [0.15, 0.2) is 0 Å². The van der Waals surface area contributed by atoms with Crippen LogP contribution in [0.15, 0.2) is 18.2 Å². The lowest BCUT2D eigenvalue weighted by atomic mass is 10.2. The van der Waals surface area contributed by atoms with E-state index < -0.39 is 16.9 Å². The van der Waals surface area contributed by atoms with Gasteiger partial charge in [-0.05, 0) is 19.1 Å². The molecule has 0 aromatic heterocycles. The van der Waals surface area contributed by atoms with E-state index >= 15 is 0 Å². The number of benzene rings is 1. The summed E-state index contributed by atoms with van der Waals surface area (Å²) in [5.74, 6) is -0.990. The van der Waals surface area contributed by atoms with Crippen molar-refractivity contribution < 1.29 is 19.6 Å². The Morgan fingerprint density at radius 3 is 2.60 bits per heavy atom. The molecule has 0 aliphatic rings. The van der Waals surface area contributed by atoms with Gasteiger partial charge in [-0.15, -0.1) is 0 Å². The van der Waals surface area contributed by atoms with Crippen molar-refractivity contribution in [3.8, 4) is 0 Å². The number of hydrogen-bond acceptors (Lipinski definition) is 4. The number of aliphatic carboxylic acids is 1. The van der Waals surface area contributed by atoms with E-state index in [1.165, 1.54) is 30.1 Å². The van der Waals surface area contributed by atoms with E-state index in [1.807, 2.05) is 0 Å². The van der Waals surface area contributed by atoms with Gasteiger partial charge < -0.3 is 15.3 Å². The molecule has 1 rings (SSSR count). The molecule has 0 atom stereocenters. The highest BCUT2D eigenvalue weighted by Gasteiger charge is 2.13. The predicted octanol–water partition coefficient (Wildman–Crippen LogP) is 1.84. The molecular formula is C12H15N3O5. The molecule has 0 saturated heterocycles. The minimum absolute atomic E-state index is 0.0257. The maximum absolute atomic E-state index is 11.7. The monoisotopic (exact) mass is 281 g/mol. The lowest BCUT2D eigenvalue weighted by Gasteiger charge is -2.17. The van der Waals surface area contributed by atoms with Gasteiger partial charge in [0, 0.05) is 30.9 Å². The number of carboxylic acid groups (broad SMARTS) is 1. The molecule has 108 valence electrons. The number of nitrogens with one attached hydrogen (secondary N) is 1. The van der Waals surface area contributed by atoms with Crippen LogP contribution in [0.5, 0.6) is 0 Å². The summed E-state index contributed by atoms with van der Waals surface area (Å²) in [6.45, 7) is 1.65. The second kappa shape index (κ2) is 6.50. The Hall–Kier alpha value is -2.64. The van der Waals surface area contributed by atoms with E-state index in [4.69, 9.17) is 5.11 Å². The van der Waals surface area contributed by atoms with Crippen LogP contribution in [0.2, 0.25) is 0 Å². The van der Waals surface area contributed by atoms with Crippen molar-refractivity contribution in [2.24, 2.45) is 0 Å². The molecule has 1 aromatic carbocycles. The number of nitrogens with zero attached hydrogens (tertiary/aromatic N) is 2. The molecule has 0 bridgehead atoms. The number of anilines is 1. The van der Waals surface area contributed by atoms with E-state index in [9.17, 15) is 19.7 Å². The predicted molar refractivity (Wildman–Crippen MR) is 71.7 cm³/mol. The maximum atomic E-state index is 11.7. The molecule has 8 heteroatoms. The van der Waals surface area contributed by atoms with Gasteiger partial charge in [0.1, 0.15) is 0 Å². The van der Waals surface area contributed by atoms with Crippen molar-refractivity contribution >= 4 is 23.4 Å². The third-order valence-electron chi connectivity index (χ3n) is 2.65. The third kappa shape index (κ3) is 4.23. The Balaban J connectivity index is 2.69. The first kappa shape index (κ1) is 15.4. The zero-order valence-corrected chi connectivity index (χ0v) is 11.1. The number of urea groups is 1. The first-order valence-corrected chi connectivity index (χ1v) is 5.80. The van der Waals surface area contributed by atoms with Crippen molar-refractivity contribution in [3.63, 3.8) is 0 Å². The van der Waals surface area contributed by atoms with Crippen LogP contribution in [0, 0.1) is 17.0 Å². The van der Waals surface area contributed by atoms with Gasteiger partial charge in [-0.2, -0.15) is 0 Å². The quantitative estimate of drug-likeness (QED) is 0.631. The molecule has 0 unspecified atom stereocenters. The number of carbonyl (C=O) groups is 2. The smallest absolute Gasteiger partial charge is 0.321 e. The molecule has 0 saturated carbocycles. The third-order valence-corrected chi connectivity index (χ3v) is 2.65. The van der Waals surface area contributed by atoms with Crippen LogP contribution in [-0.4, -0.2) is 40.5 Å². The Labute approximate surface area is 115 Å². The summed E-state index contributed by atoms with van der Waals surface area (Å²) in [6, 6.07) is 3.75. The molecule has 8 nitrogen and oxygen atoms in total. The van der Waals surface area contributed by atoms with Gasteiger partial charge in [-0.1, -0.05) is 0 Å². The molecule has 0 aliphatic heterocycles. The fourth-order valence-corrected chi connectivity index (χ4v) is 1.52. The zero-order chi connectivity index (χ0) is 15.3. The topological polar surface area (TPSA) is 113 Å². The highest BCUT2D eigenvalue weighted by Crippen LogP contribution is 2.21. The summed E-state index contributed by atoms with van der Waals surface area (Å²) in [6.07, 6.45) is -0.150. The molecule has 2 amide bonds. The van der Waals surface area contributed by atoms with Gasteiger partial charge in [-0.3, -0.25) is 14.9 Å². The van der Waals surface area contributed by atoms with Crippen LogP contribution in [0.25, 0.3) is 0 Å². The summed E-state index contributed by atoms with van der Waals surface area (Å²) >= 11 is 0. The highest BCUT2D eigenvalue weighted by molar-refractivity contribution is 5.89. The lowest BCUT2D eigenvalue weighted by Crippen LogP contribution is -2.33. The van der Waals surface area contributed by atoms with E-state index in [2.05, 4.69) is 5.32 Å². The number of carbonyl (C=O) groups excluding carboxylic acids is 1. The SMILES string of the molecule is Cc1cc(NC(=O)N(C)CCC(=O)O)ccc1[N+](=O)[O-]. The molecule has 1 aromatic rings. The molecular weight excluding hydrogens is 266 g/mol. The number of amides is 2. The number of aryl methyl sites for hydroxylation is 1. The zero-order valence-electron chi connectivity index (χ0n) is 11.1. The Morgan fingerprint density at radius 2 is 2.10 bits per heavy atom. The molecule has 0 fully saturated rings. The normalized spacial score (nSPS) is 9.90. The van der Waals surface area contributed by atoms with Crippen molar-refractivity contribution in [1.82, 2.24) is 4.90 Å². The van der Waals surface area contributed by atoms with Crippen LogP contribution in [0.1, 0.15) is 12.0 Å². The van der Waals surface area contributed by atoms with Crippen LogP contribution in [0.3, 0.4) is 0 Å². The minimum atomic E-state index is -0.990. The number of hydrogen-bond donors (Lipinski definition) is 2. The van der Waals surface area contributed by atoms with Crippen molar-refractivity contribution in [3.05, 3.63) is 33.9 Å². The van der Waals surface area contributed by atoms with Crippen LogP contribution < -0.4 is 5.32 Å². The van der Waals surface area contributed by atoms with Gasteiger partial charge in [0.25, 0.3) is 5.69 Å². The number of rotatable bonds is 5. The van der Waals surface area contributed by atoms with Crippen LogP contribution in [0.4, 0.5) is 16.2 Å². The second-order valence-corrected chi connectivity index (χ2v) is 4.25. The summed E-state index contributed by atoms with van der Waals surface area (Å²) < 4.78 is 0. The van der Waals surface area contributed by atoms with E-state index in [0.29, 0.717) is 11.3 Å². The van der Waals surface area contributed by atoms with Gasteiger partial charge >= 0.3 is 12.0 Å². The molecule has 0 heterocycles. The summed E-state index contributed by atoms with van der Waals surface area (Å²) in [7, 11) is 1.47. The second-order valence-electron chi connectivity index (χ2n) is 4.25. The highest BCUT2D eigenvalue weighted by atomic mass is 16.6. The number of carboxylic acids is 1. The first-order valence-electron chi connectivity index (χ1n) is 5.80. The Kier molecular flexibility index (Phi) is 5.01. The maximum Gasteiger partial charge on any atom is 0.321 e. The summed E-state index contributed by atoms with van der Waals surface area (Å²) in [4.78, 5) is 33.5. The van der Waals surface area contributed by atoms with Crippen LogP contribution in [-0.2, 0) is 4.79 Å². The van der Waals surface area contributed by atoms with Crippen molar-refractivity contribution in [2.75, 3.05) is 18.9 Å². The average molecular weight is 281 g/mol. The summed E-state index contributed by atoms with van der Waals surface area (Å²) in [5, 5.41) is 21.7. The van der Waals surface area contributed by atoms with Crippen LogP contribution >= 0.6 is 0 Å². The Bertz CT molecular complexity index is 544. The average Bonchev–Trinajstić information content (AvgIpc) is 2.35. The van der Waals surface area contributed by atoms with Gasteiger partial charge in [0.05, 0.1) is 11.3 Å². The van der Waals surface area contributed by atoms with Gasteiger partial charge in [-0.25, -0.2) is 4.79 Å². The molecule has 0 aliphatic carbocycles. The molecule has 0 spiro atoms. The lowest BCUT2D eigenvalue weighted by molar-refractivity contribution is -0.385. The first-order chi connectivity index (χ1) is 9.31.